The van der Waals surface area contributed by atoms with Gasteiger partial charge in [-0.15, -0.1) is 0 Å². The number of benzene rings is 1. The molecule has 0 radical (unpaired) electrons. The van der Waals surface area contributed by atoms with Crippen molar-refractivity contribution in [3.8, 4) is 11.8 Å². The first-order valence-corrected chi connectivity index (χ1v) is 9.76. The third kappa shape index (κ3) is 5.56. The molecule has 28 heavy (non-hydrogen) atoms. The normalized spacial score (nSPS) is 16.2. The molecule has 5 heteroatoms. The Hall–Kier alpha value is -2.87. The zero-order chi connectivity index (χ0) is 20.1. The zero-order valence-corrected chi connectivity index (χ0v) is 17.1. The second kappa shape index (κ2) is 8.43. The predicted molar refractivity (Wildman–Crippen MR) is 112 cm³/mol. The Balaban J connectivity index is 1.60. The van der Waals surface area contributed by atoms with Crippen molar-refractivity contribution in [1.82, 2.24) is 15.3 Å². The first kappa shape index (κ1) is 19.9. The van der Waals surface area contributed by atoms with E-state index in [4.69, 9.17) is 0 Å². The van der Waals surface area contributed by atoms with E-state index in [1.165, 1.54) is 12.5 Å². The fourth-order valence-corrected chi connectivity index (χ4v) is 3.45. The van der Waals surface area contributed by atoms with Gasteiger partial charge in [0, 0.05) is 44.0 Å². The van der Waals surface area contributed by atoms with E-state index in [0.29, 0.717) is 5.41 Å². The summed E-state index contributed by atoms with van der Waals surface area (Å²) in [6.45, 7) is 10.1. The Bertz CT molecular complexity index is 876. The minimum Gasteiger partial charge on any atom is -0.354 e. The summed E-state index contributed by atoms with van der Waals surface area (Å²) in [6.07, 6.45) is 5.56. The van der Waals surface area contributed by atoms with Gasteiger partial charge in [-0.2, -0.15) is 0 Å². The summed E-state index contributed by atoms with van der Waals surface area (Å²) >= 11 is 0. The predicted octanol–water partition coefficient (Wildman–Crippen LogP) is 3.18. The maximum atomic E-state index is 11.1. The van der Waals surface area contributed by atoms with Gasteiger partial charge in [0.15, 0.2) is 0 Å². The summed E-state index contributed by atoms with van der Waals surface area (Å²) in [6, 6.07) is 8.23. The van der Waals surface area contributed by atoms with Crippen molar-refractivity contribution < 1.29 is 4.79 Å². The Morgan fingerprint density at radius 1 is 1.18 bits per heavy atom. The van der Waals surface area contributed by atoms with E-state index in [-0.39, 0.29) is 11.9 Å². The maximum absolute atomic E-state index is 11.1. The molecule has 1 N–H and O–H groups in total. The Morgan fingerprint density at radius 3 is 2.39 bits per heavy atom. The molecule has 1 aliphatic rings. The third-order valence-electron chi connectivity index (χ3n) is 4.90. The molecular formula is C23H28N4O. The minimum absolute atomic E-state index is 0.00309. The number of anilines is 1. The van der Waals surface area contributed by atoms with Gasteiger partial charge in [0.1, 0.15) is 0 Å². The molecule has 1 saturated heterocycles. The van der Waals surface area contributed by atoms with Gasteiger partial charge < -0.3 is 10.2 Å². The van der Waals surface area contributed by atoms with Gasteiger partial charge in [-0.05, 0) is 42.9 Å². The number of aromatic nitrogens is 2. The largest absolute Gasteiger partial charge is 0.354 e. The molecule has 0 bridgehead atoms. The van der Waals surface area contributed by atoms with Crippen molar-refractivity contribution >= 4 is 11.9 Å². The number of nitrogens with zero attached hydrogens (tertiary/aromatic N) is 3. The highest BCUT2D eigenvalue weighted by molar-refractivity contribution is 5.73. The molecule has 1 fully saturated rings. The van der Waals surface area contributed by atoms with Crippen LogP contribution in [-0.2, 0) is 11.2 Å². The lowest BCUT2D eigenvalue weighted by molar-refractivity contribution is -0.119. The molecule has 2 heterocycles. The molecule has 0 spiro atoms. The lowest BCUT2D eigenvalue weighted by Gasteiger charge is -2.19. The molecule has 3 rings (SSSR count). The third-order valence-corrected chi connectivity index (χ3v) is 4.90. The van der Waals surface area contributed by atoms with Crippen LogP contribution in [0.3, 0.4) is 0 Å². The minimum atomic E-state index is -0.00309. The fraction of sp³-hybridized carbons (Fsp3) is 0.435. The van der Waals surface area contributed by atoms with Crippen LogP contribution in [-0.4, -0.2) is 35.0 Å². The lowest BCUT2D eigenvalue weighted by atomic mass is 9.93. The average Bonchev–Trinajstić information content (AvgIpc) is 3.01. The second-order valence-electron chi connectivity index (χ2n) is 8.36. The maximum Gasteiger partial charge on any atom is 0.225 e. The van der Waals surface area contributed by atoms with E-state index >= 15 is 0 Å². The van der Waals surface area contributed by atoms with Gasteiger partial charge >= 0.3 is 0 Å². The van der Waals surface area contributed by atoms with Gasteiger partial charge in [-0.3, -0.25) is 4.79 Å². The summed E-state index contributed by atoms with van der Waals surface area (Å²) in [7, 11) is 0. The number of carbonyl (C=O) groups is 1. The molecule has 1 aromatic carbocycles. The standard InChI is InChI=1S/C23H28N4O/c1-17(26-18(2)28)13-20-8-5-19(6-9-20)7-10-21-14-24-22(25-15-21)27-12-11-23(3,4)16-27/h5-6,8-9,14-15,17H,11-13,16H2,1-4H3,(H,26,28). The van der Waals surface area contributed by atoms with E-state index < -0.39 is 0 Å². The van der Waals surface area contributed by atoms with Crippen molar-refractivity contribution in [1.29, 1.82) is 0 Å². The highest BCUT2D eigenvalue weighted by Crippen LogP contribution is 2.30. The summed E-state index contributed by atoms with van der Waals surface area (Å²) in [5.74, 6) is 7.08. The molecule has 0 aliphatic carbocycles. The molecule has 0 saturated carbocycles. The average molecular weight is 377 g/mol. The van der Waals surface area contributed by atoms with Crippen LogP contribution in [0.1, 0.15) is 50.8 Å². The topological polar surface area (TPSA) is 58.1 Å². The van der Waals surface area contributed by atoms with Crippen LogP contribution in [0.4, 0.5) is 5.95 Å². The Kier molecular flexibility index (Phi) is 5.99. The SMILES string of the molecule is CC(=O)NC(C)Cc1ccc(C#Cc2cnc(N3CCC(C)(C)C3)nc2)cc1. The monoisotopic (exact) mass is 376 g/mol. The van der Waals surface area contributed by atoms with E-state index in [0.717, 1.165) is 43.0 Å². The molecule has 146 valence electrons. The van der Waals surface area contributed by atoms with Gasteiger partial charge in [-0.25, -0.2) is 9.97 Å². The molecular weight excluding hydrogens is 348 g/mol. The van der Waals surface area contributed by atoms with Crippen LogP contribution in [0.5, 0.6) is 0 Å². The van der Waals surface area contributed by atoms with Crippen LogP contribution in [0.2, 0.25) is 0 Å². The molecule has 1 aromatic heterocycles. The smallest absolute Gasteiger partial charge is 0.225 e. The van der Waals surface area contributed by atoms with E-state index in [1.807, 2.05) is 19.1 Å². The highest BCUT2D eigenvalue weighted by Gasteiger charge is 2.30. The first-order valence-electron chi connectivity index (χ1n) is 9.76. The number of carbonyl (C=O) groups excluding carboxylic acids is 1. The lowest BCUT2D eigenvalue weighted by Crippen LogP contribution is -2.31. The number of nitrogens with one attached hydrogen (secondary N) is 1. The molecule has 1 atom stereocenters. The van der Waals surface area contributed by atoms with Crippen molar-refractivity contribution in [3.05, 3.63) is 53.3 Å². The summed E-state index contributed by atoms with van der Waals surface area (Å²) in [5, 5.41) is 2.90. The Labute approximate surface area is 167 Å². The number of rotatable bonds is 4. The fourth-order valence-electron chi connectivity index (χ4n) is 3.45. The van der Waals surface area contributed by atoms with Crippen LogP contribution >= 0.6 is 0 Å². The Morgan fingerprint density at radius 2 is 1.82 bits per heavy atom. The molecule has 1 unspecified atom stereocenters. The van der Waals surface area contributed by atoms with Gasteiger partial charge in [0.25, 0.3) is 0 Å². The van der Waals surface area contributed by atoms with E-state index in [2.05, 4.69) is 58.0 Å². The molecule has 1 aliphatic heterocycles. The number of hydrogen-bond donors (Lipinski definition) is 1. The van der Waals surface area contributed by atoms with Crippen molar-refractivity contribution in [2.75, 3.05) is 18.0 Å². The number of hydrogen-bond acceptors (Lipinski definition) is 4. The van der Waals surface area contributed by atoms with Crippen LogP contribution < -0.4 is 10.2 Å². The summed E-state index contributed by atoms with van der Waals surface area (Å²) < 4.78 is 0. The van der Waals surface area contributed by atoms with Gasteiger partial charge in [0.2, 0.25) is 11.9 Å². The van der Waals surface area contributed by atoms with Crippen LogP contribution in [0.25, 0.3) is 0 Å². The molecule has 2 aromatic rings. The summed E-state index contributed by atoms with van der Waals surface area (Å²) in [5.41, 5.74) is 3.26. The van der Waals surface area contributed by atoms with Gasteiger partial charge in [-0.1, -0.05) is 37.8 Å². The molecule has 5 nitrogen and oxygen atoms in total. The van der Waals surface area contributed by atoms with E-state index in [1.54, 1.807) is 12.4 Å². The quantitative estimate of drug-likeness (QED) is 0.833. The second-order valence-corrected chi connectivity index (χ2v) is 8.36. The number of amides is 1. The molecule has 1 amide bonds. The van der Waals surface area contributed by atoms with E-state index in [9.17, 15) is 4.79 Å². The van der Waals surface area contributed by atoms with Gasteiger partial charge in [0.05, 0.1) is 5.56 Å². The zero-order valence-electron chi connectivity index (χ0n) is 17.1. The first-order chi connectivity index (χ1) is 13.3. The van der Waals surface area contributed by atoms with Crippen molar-refractivity contribution in [2.45, 2.75) is 46.6 Å². The summed E-state index contributed by atoms with van der Waals surface area (Å²) in [4.78, 5) is 22.3. The van der Waals surface area contributed by atoms with Crippen molar-refractivity contribution in [2.24, 2.45) is 5.41 Å². The highest BCUT2D eigenvalue weighted by atomic mass is 16.1. The van der Waals surface area contributed by atoms with Crippen LogP contribution in [0, 0.1) is 17.3 Å². The van der Waals surface area contributed by atoms with Crippen molar-refractivity contribution in [3.63, 3.8) is 0 Å². The van der Waals surface area contributed by atoms with Crippen LogP contribution in [0.15, 0.2) is 36.7 Å².